The summed E-state index contributed by atoms with van der Waals surface area (Å²) in [7, 11) is 1.61. The summed E-state index contributed by atoms with van der Waals surface area (Å²) in [5.74, 6) is 1.25. The highest BCUT2D eigenvalue weighted by atomic mass is 16.5. The number of benzene rings is 1. The lowest BCUT2D eigenvalue weighted by Gasteiger charge is -2.12. The van der Waals surface area contributed by atoms with Gasteiger partial charge in [0.05, 0.1) is 12.7 Å². The fraction of sp³-hybridized carbons (Fsp3) is 0.312. The Morgan fingerprint density at radius 2 is 2.05 bits per heavy atom. The van der Waals surface area contributed by atoms with Crippen LogP contribution in [0.2, 0.25) is 0 Å². The molecule has 1 rings (SSSR count). The Kier molecular flexibility index (Phi) is 5.86. The number of hydrogen-bond acceptors (Lipinski definition) is 3. The Labute approximate surface area is 114 Å². The average molecular weight is 260 g/mol. The van der Waals surface area contributed by atoms with Gasteiger partial charge in [-0.25, -0.2) is 0 Å². The summed E-state index contributed by atoms with van der Waals surface area (Å²) in [6, 6.07) is 3.56. The Morgan fingerprint density at radius 3 is 2.58 bits per heavy atom. The van der Waals surface area contributed by atoms with Gasteiger partial charge in [0.1, 0.15) is 18.1 Å². The minimum atomic E-state index is 0.358. The molecule has 0 aliphatic rings. The first-order valence-electron chi connectivity index (χ1n) is 6.15. The van der Waals surface area contributed by atoms with E-state index in [1.54, 1.807) is 19.3 Å². The van der Waals surface area contributed by atoms with Crippen LogP contribution < -0.4 is 9.47 Å². The standard InChI is InChI=1S/C16H20O3/c1-5-8-19-16-10-15(18-4)13(7-6-12(2)3)9-14(16)11-17/h5-6,9-11H,1,7-8H2,2-4H3. The van der Waals surface area contributed by atoms with Crippen LogP contribution in [-0.2, 0) is 6.42 Å². The predicted octanol–water partition coefficient (Wildman–Crippen LogP) is 3.58. The molecule has 0 aliphatic carbocycles. The maximum atomic E-state index is 11.1. The van der Waals surface area contributed by atoms with Crippen molar-refractivity contribution in [2.24, 2.45) is 0 Å². The van der Waals surface area contributed by atoms with Gasteiger partial charge < -0.3 is 9.47 Å². The van der Waals surface area contributed by atoms with Crippen LogP contribution in [0.5, 0.6) is 11.5 Å². The van der Waals surface area contributed by atoms with Gasteiger partial charge in [-0.05, 0) is 31.9 Å². The highest BCUT2D eigenvalue weighted by Crippen LogP contribution is 2.29. The quantitative estimate of drug-likeness (QED) is 0.555. The summed E-state index contributed by atoms with van der Waals surface area (Å²) in [5.41, 5.74) is 2.72. The normalized spacial score (nSPS) is 9.63. The lowest BCUT2D eigenvalue weighted by Crippen LogP contribution is -2.00. The van der Waals surface area contributed by atoms with Crippen LogP contribution in [0.4, 0.5) is 0 Å². The third-order valence-electron chi connectivity index (χ3n) is 2.63. The number of carbonyl (C=O) groups is 1. The zero-order valence-corrected chi connectivity index (χ0v) is 11.7. The Hall–Kier alpha value is -2.03. The molecule has 3 nitrogen and oxygen atoms in total. The van der Waals surface area contributed by atoms with Crippen LogP contribution in [0.3, 0.4) is 0 Å². The second-order valence-electron chi connectivity index (χ2n) is 4.41. The van der Waals surface area contributed by atoms with E-state index >= 15 is 0 Å². The highest BCUT2D eigenvalue weighted by molar-refractivity contribution is 5.80. The van der Waals surface area contributed by atoms with Gasteiger partial charge >= 0.3 is 0 Å². The maximum absolute atomic E-state index is 11.1. The van der Waals surface area contributed by atoms with E-state index in [9.17, 15) is 4.79 Å². The molecule has 102 valence electrons. The number of ether oxygens (including phenoxy) is 2. The van der Waals surface area contributed by atoms with Crippen molar-refractivity contribution in [2.45, 2.75) is 20.3 Å². The molecule has 0 aliphatic heterocycles. The minimum absolute atomic E-state index is 0.358. The topological polar surface area (TPSA) is 35.5 Å². The third-order valence-corrected chi connectivity index (χ3v) is 2.63. The summed E-state index contributed by atoms with van der Waals surface area (Å²) in [5, 5.41) is 0. The van der Waals surface area contributed by atoms with Crippen molar-refractivity contribution in [3.8, 4) is 11.5 Å². The maximum Gasteiger partial charge on any atom is 0.153 e. The molecule has 0 saturated carbocycles. The van der Waals surface area contributed by atoms with E-state index in [4.69, 9.17) is 9.47 Å². The van der Waals surface area contributed by atoms with Crippen LogP contribution >= 0.6 is 0 Å². The summed E-state index contributed by atoms with van der Waals surface area (Å²) in [6.45, 7) is 8.02. The van der Waals surface area contributed by atoms with Crippen LogP contribution in [0.25, 0.3) is 0 Å². The first-order chi connectivity index (χ1) is 9.12. The molecule has 0 fully saturated rings. The number of methoxy groups -OCH3 is 1. The van der Waals surface area contributed by atoms with Gasteiger partial charge in [-0.3, -0.25) is 4.79 Å². The molecule has 3 heteroatoms. The van der Waals surface area contributed by atoms with Crippen LogP contribution in [0, 0.1) is 0 Å². The van der Waals surface area contributed by atoms with Crippen LogP contribution in [0.1, 0.15) is 29.8 Å². The molecule has 0 atom stereocenters. The van der Waals surface area contributed by atoms with Gasteiger partial charge in [0.25, 0.3) is 0 Å². The van der Waals surface area contributed by atoms with Crippen molar-refractivity contribution in [1.29, 1.82) is 0 Å². The molecule has 1 aromatic rings. The Balaban J connectivity index is 3.14. The lowest BCUT2D eigenvalue weighted by atomic mass is 10.0. The Bertz CT molecular complexity index is 483. The van der Waals surface area contributed by atoms with E-state index in [1.807, 2.05) is 19.9 Å². The summed E-state index contributed by atoms with van der Waals surface area (Å²) in [6.07, 6.45) is 5.26. The van der Waals surface area contributed by atoms with E-state index in [0.717, 1.165) is 24.0 Å². The third kappa shape index (κ3) is 4.28. The zero-order chi connectivity index (χ0) is 14.3. The summed E-state index contributed by atoms with van der Waals surface area (Å²) >= 11 is 0. The van der Waals surface area contributed by atoms with Crippen molar-refractivity contribution in [2.75, 3.05) is 13.7 Å². The van der Waals surface area contributed by atoms with E-state index in [0.29, 0.717) is 17.9 Å². The lowest BCUT2D eigenvalue weighted by molar-refractivity contribution is 0.112. The van der Waals surface area contributed by atoms with Crippen molar-refractivity contribution in [3.63, 3.8) is 0 Å². The van der Waals surface area contributed by atoms with Crippen LogP contribution in [0.15, 0.2) is 36.4 Å². The predicted molar refractivity (Wildman–Crippen MR) is 77.2 cm³/mol. The fourth-order valence-electron chi connectivity index (χ4n) is 1.65. The molecule has 0 unspecified atom stereocenters. The van der Waals surface area contributed by atoms with E-state index in [1.165, 1.54) is 5.57 Å². The summed E-state index contributed by atoms with van der Waals surface area (Å²) < 4.78 is 10.8. The SMILES string of the molecule is C=CCOc1cc(OC)c(CC=C(C)C)cc1C=O. The molecular weight excluding hydrogens is 240 g/mol. The monoisotopic (exact) mass is 260 g/mol. The molecule has 0 saturated heterocycles. The van der Waals surface area contributed by atoms with E-state index < -0.39 is 0 Å². The van der Waals surface area contributed by atoms with E-state index in [2.05, 4.69) is 12.7 Å². The number of aldehydes is 1. The molecule has 19 heavy (non-hydrogen) atoms. The first kappa shape index (κ1) is 15.0. The fourth-order valence-corrected chi connectivity index (χ4v) is 1.65. The van der Waals surface area contributed by atoms with Crippen molar-refractivity contribution in [3.05, 3.63) is 47.6 Å². The molecule has 0 heterocycles. The van der Waals surface area contributed by atoms with Gasteiger partial charge in [-0.15, -0.1) is 0 Å². The number of hydrogen-bond donors (Lipinski definition) is 0. The number of rotatable bonds is 7. The molecule has 0 aromatic heterocycles. The van der Waals surface area contributed by atoms with Crippen molar-refractivity contribution < 1.29 is 14.3 Å². The highest BCUT2D eigenvalue weighted by Gasteiger charge is 2.10. The minimum Gasteiger partial charge on any atom is -0.496 e. The largest absolute Gasteiger partial charge is 0.496 e. The summed E-state index contributed by atoms with van der Waals surface area (Å²) in [4.78, 5) is 11.1. The van der Waals surface area contributed by atoms with Gasteiger partial charge in [0.2, 0.25) is 0 Å². The Morgan fingerprint density at radius 1 is 1.32 bits per heavy atom. The first-order valence-corrected chi connectivity index (χ1v) is 6.15. The number of allylic oxidation sites excluding steroid dienone is 2. The average Bonchev–Trinajstić information content (AvgIpc) is 2.42. The zero-order valence-electron chi connectivity index (χ0n) is 11.7. The van der Waals surface area contributed by atoms with Crippen LogP contribution in [-0.4, -0.2) is 20.0 Å². The molecule has 0 radical (unpaired) electrons. The van der Waals surface area contributed by atoms with Gasteiger partial charge in [0, 0.05) is 6.07 Å². The molecule has 0 spiro atoms. The van der Waals surface area contributed by atoms with Gasteiger partial charge in [0.15, 0.2) is 6.29 Å². The van der Waals surface area contributed by atoms with Crippen molar-refractivity contribution >= 4 is 6.29 Å². The van der Waals surface area contributed by atoms with E-state index in [-0.39, 0.29) is 0 Å². The molecule has 1 aromatic carbocycles. The van der Waals surface area contributed by atoms with Crippen molar-refractivity contribution in [1.82, 2.24) is 0 Å². The molecule has 0 amide bonds. The smallest absolute Gasteiger partial charge is 0.153 e. The second-order valence-corrected chi connectivity index (χ2v) is 4.41. The second kappa shape index (κ2) is 7.41. The van der Waals surface area contributed by atoms with Gasteiger partial charge in [-0.1, -0.05) is 24.3 Å². The molecule has 0 bridgehead atoms. The van der Waals surface area contributed by atoms with Gasteiger partial charge in [-0.2, -0.15) is 0 Å². The number of carbonyl (C=O) groups excluding carboxylic acids is 1. The molecular formula is C16H20O3. The molecule has 0 N–H and O–H groups in total.